The van der Waals surface area contributed by atoms with Gasteiger partial charge in [0.25, 0.3) is 5.91 Å². The normalized spacial score (nSPS) is 11.2. The lowest BCUT2D eigenvalue weighted by Crippen LogP contribution is -2.50. The number of rotatable bonds is 7. The predicted molar refractivity (Wildman–Crippen MR) is 80.1 cm³/mol. The fraction of sp³-hybridized carbons (Fsp3) is 0.500. The van der Waals surface area contributed by atoms with E-state index in [1.165, 1.54) is 0 Å². The van der Waals surface area contributed by atoms with Crippen molar-refractivity contribution in [3.05, 3.63) is 28.7 Å². The highest BCUT2D eigenvalue weighted by Gasteiger charge is 2.20. The molecule has 1 aromatic rings. The second-order valence-corrected chi connectivity index (χ2v) is 5.50. The SMILES string of the molecule is CCC(N)(CC)CNC(=O)COc1ccc(Br)cc1. The van der Waals surface area contributed by atoms with E-state index in [-0.39, 0.29) is 18.1 Å². The van der Waals surface area contributed by atoms with Crippen LogP contribution < -0.4 is 15.8 Å². The average molecular weight is 329 g/mol. The molecule has 1 rings (SSSR count). The van der Waals surface area contributed by atoms with Crippen molar-refractivity contribution in [3.63, 3.8) is 0 Å². The Labute approximate surface area is 122 Å². The Kier molecular flexibility index (Phi) is 6.31. The van der Waals surface area contributed by atoms with Gasteiger partial charge < -0.3 is 15.8 Å². The largest absolute Gasteiger partial charge is 0.484 e. The molecule has 1 aromatic carbocycles. The van der Waals surface area contributed by atoms with Crippen LogP contribution in [0.3, 0.4) is 0 Å². The number of amides is 1. The fourth-order valence-electron chi connectivity index (χ4n) is 1.51. The summed E-state index contributed by atoms with van der Waals surface area (Å²) in [5.41, 5.74) is 5.78. The second kappa shape index (κ2) is 7.50. The van der Waals surface area contributed by atoms with Crippen molar-refractivity contribution >= 4 is 21.8 Å². The average Bonchev–Trinajstić information content (AvgIpc) is 2.44. The molecule has 0 heterocycles. The first kappa shape index (κ1) is 16.0. The molecule has 0 aliphatic heterocycles. The van der Waals surface area contributed by atoms with E-state index in [1.54, 1.807) is 0 Å². The molecule has 0 saturated heterocycles. The monoisotopic (exact) mass is 328 g/mol. The molecule has 4 nitrogen and oxygen atoms in total. The van der Waals surface area contributed by atoms with E-state index >= 15 is 0 Å². The van der Waals surface area contributed by atoms with Crippen molar-refractivity contribution < 1.29 is 9.53 Å². The summed E-state index contributed by atoms with van der Waals surface area (Å²) in [6.07, 6.45) is 1.66. The zero-order chi connectivity index (χ0) is 14.3. The van der Waals surface area contributed by atoms with Gasteiger partial charge in [0.2, 0.25) is 0 Å². The van der Waals surface area contributed by atoms with E-state index in [9.17, 15) is 4.79 Å². The van der Waals surface area contributed by atoms with Gasteiger partial charge in [-0.3, -0.25) is 4.79 Å². The number of nitrogens with one attached hydrogen (secondary N) is 1. The number of carbonyl (C=O) groups excluding carboxylic acids is 1. The molecular formula is C14H21BrN2O2. The van der Waals surface area contributed by atoms with Crippen LogP contribution in [-0.2, 0) is 4.79 Å². The summed E-state index contributed by atoms with van der Waals surface area (Å²) in [7, 11) is 0. The lowest BCUT2D eigenvalue weighted by atomic mass is 9.94. The summed E-state index contributed by atoms with van der Waals surface area (Å²) >= 11 is 3.34. The maximum Gasteiger partial charge on any atom is 0.258 e. The molecule has 0 aliphatic carbocycles. The first-order valence-corrected chi connectivity index (χ1v) is 7.22. The quantitative estimate of drug-likeness (QED) is 0.808. The maximum atomic E-state index is 11.7. The van der Waals surface area contributed by atoms with E-state index in [4.69, 9.17) is 10.5 Å². The molecule has 0 aromatic heterocycles. The smallest absolute Gasteiger partial charge is 0.258 e. The highest BCUT2D eigenvalue weighted by Crippen LogP contribution is 2.15. The minimum absolute atomic E-state index is 0.00510. The summed E-state index contributed by atoms with van der Waals surface area (Å²) in [6, 6.07) is 7.35. The minimum Gasteiger partial charge on any atom is -0.484 e. The number of hydrogen-bond donors (Lipinski definition) is 2. The van der Waals surface area contributed by atoms with Crippen molar-refractivity contribution in [2.75, 3.05) is 13.2 Å². The number of halogens is 1. The molecule has 0 bridgehead atoms. The fourth-order valence-corrected chi connectivity index (χ4v) is 1.77. The molecule has 106 valence electrons. The molecule has 5 heteroatoms. The topological polar surface area (TPSA) is 64.3 Å². The number of ether oxygens (including phenoxy) is 1. The van der Waals surface area contributed by atoms with Gasteiger partial charge >= 0.3 is 0 Å². The van der Waals surface area contributed by atoms with Gasteiger partial charge in [-0.15, -0.1) is 0 Å². The van der Waals surface area contributed by atoms with E-state index in [2.05, 4.69) is 21.2 Å². The van der Waals surface area contributed by atoms with Crippen LogP contribution in [0.25, 0.3) is 0 Å². The van der Waals surface area contributed by atoms with Crippen molar-refractivity contribution in [2.24, 2.45) is 5.73 Å². The van der Waals surface area contributed by atoms with Crippen molar-refractivity contribution in [2.45, 2.75) is 32.2 Å². The summed E-state index contributed by atoms with van der Waals surface area (Å²) in [5.74, 6) is 0.517. The minimum atomic E-state index is -0.326. The molecule has 0 unspecified atom stereocenters. The first-order valence-electron chi connectivity index (χ1n) is 6.43. The Balaban J connectivity index is 2.34. The Morgan fingerprint density at radius 1 is 1.32 bits per heavy atom. The molecule has 0 radical (unpaired) electrons. The number of hydrogen-bond acceptors (Lipinski definition) is 3. The Morgan fingerprint density at radius 3 is 2.42 bits per heavy atom. The third-order valence-corrected chi connectivity index (χ3v) is 3.76. The molecule has 0 aliphatic rings. The first-order chi connectivity index (χ1) is 8.99. The molecular weight excluding hydrogens is 308 g/mol. The highest BCUT2D eigenvalue weighted by atomic mass is 79.9. The standard InChI is InChI=1S/C14H21BrN2O2/c1-3-14(16,4-2)10-17-13(18)9-19-12-7-5-11(15)6-8-12/h5-8H,3-4,9-10,16H2,1-2H3,(H,17,18). The molecule has 1 amide bonds. The molecule has 0 fully saturated rings. The molecule has 0 spiro atoms. The van der Waals surface area contributed by atoms with Crippen LogP contribution in [0.5, 0.6) is 5.75 Å². The summed E-state index contributed by atoms with van der Waals surface area (Å²) in [6.45, 7) is 4.52. The lowest BCUT2D eigenvalue weighted by molar-refractivity contribution is -0.123. The summed E-state index contributed by atoms with van der Waals surface area (Å²) < 4.78 is 6.36. The predicted octanol–water partition coefficient (Wildman–Crippen LogP) is 2.46. The van der Waals surface area contributed by atoms with Gasteiger partial charge in [-0.2, -0.15) is 0 Å². The van der Waals surface area contributed by atoms with Gasteiger partial charge in [-0.05, 0) is 37.1 Å². The van der Waals surface area contributed by atoms with E-state index in [1.807, 2.05) is 38.1 Å². The summed E-state index contributed by atoms with van der Waals surface area (Å²) in [4.78, 5) is 11.7. The van der Waals surface area contributed by atoms with E-state index in [0.717, 1.165) is 17.3 Å². The van der Waals surface area contributed by atoms with Gasteiger partial charge in [-0.25, -0.2) is 0 Å². The molecule has 0 saturated carbocycles. The Hall–Kier alpha value is -1.07. The third kappa shape index (κ3) is 5.61. The van der Waals surface area contributed by atoms with Gasteiger partial charge in [0, 0.05) is 16.6 Å². The highest BCUT2D eigenvalue weighted by molar-refractivity contribution is 9.10. The number of benzene rings is 1. The molecule has 19 heavy (non-hydrogen) atoms. The second-order valence-electron chi connectivity index (χ2n) is 4.59. The van der Waals surface area contributed by atoms with Crippen LogP contribution in [0, 0.1) is 0 Å². The van der Waals surface area contributed by atoms with Crippen LogP contribution in [0.4, 0.5) is 0 Å². The zero-order valence-electron chi connectivity index (χ0n) is 11.4. The van der Waals surface area contributed by atoms with E-state index < -0.39 is 0 Å². The molecule has 3 N–H and O–H groups in total. The van der Waals surface area contributed by atoms with Gasteiger partial charge in [0.1, 0.15) is 5.75 Å². The number of nitrogens with two attached hydrogens (primary N) is 1. The maximum absolute atomic E-state index is 11.7. The van der Waals surface area contributed by atoms with Crippen molar-refractivity contribution in [1.29, 1.82) is 0 Å². The van der Waals surface area contributed by atoms with E-state index in [0.29, 0.717) is 12.3 Å². The molecule has 0 atom stereocenters. The van der Waals surface area contributed by atoms with Gasteiger partial charge in [0.15, 0.2) is 6.61 Å². The van der Waals surface area contributed by atoms with Crippen molar-refractivity contribution in [3.8, 4) is 5.75 Å². The zero-order valence-corrected chi connectivity index (χ0v) is 13.0. The van der Waals surface area contributed by atoms with Crippen LogP contribution in [0.2, 0.25) is 0 Å². The Morgan fingerprint density at radius 2 is 1.89 bits per heavy atom. The lowest BCUT2D eigenvalue weighted by Gasteiger charge is -2.26. The van der Waals surface area contributed by atoms with Crippen LogP contribution in [0.15, 0.2) is 28.7 Å². The van der Waals surface area contributed by atoms with Crippen LogP contribution in [-0.4, -0.2) is 24.6 Å². The van der Waals surface area contributed by atoms with Crippen molar-refractivity contribution in [1.82, 2.24) is 5.32 Å². The third-order valence-electron chi connectivity index (χ3n) is 3.23. The van der Waals surface area contributed by atoms with Gasteiger partial charge in [-0.1, -0.05) is 29.8 Å². The van der Waals surface area contributed by atoms with Crippen LogP contribution in [0.1, 0.15) is 26.7 Å². The Bertz CT molecular complexity index is 402. The van der Waals surface area contributed by atoms with Gasteiger partial charge in [0.05, 0.1) is 0 Å². The number of carbonyl (C=O) groups is 1. The van der Waals surface area contributed by atoms with Crippen LogP contribution >= 0.6 is 15.9 Å². The summed E-state index contributed by atoms with van der Waals surface area (Å²) in [5, 5.41) is 2.81.